The normalized spacial score (nSPS) is 23.8. The van der Waals surface area contributed by atoms with Crippen LogP contribution in [0, 0.1) is 0 Å². The number of rotatable bonds is 8. The molecule has 0 spiro atoms. The van der Waals surface area contributed by atoms with Crippen molar-refractivity contribution in [1.29, 1.82) is 0 Å². The average Bonchev–Trinajstić information content (AvgIpc) is 3.21. The Labute approximate surface area is 183 Å². The number of ether oxygens (including phenoxy) is 1. The molecule has 2 aliphatic rings. The molecule has 0 aliphatic carbocycles. The van der Waals surface area contributed by atoms with Crippen molar-refractivity contribution in [2.24, 2.45) is 5.16 Å². The highest BCUT2D eigenvalue weighted by atomic mass is 32.2. The molecule has 9 heteroatoms. The first-order chi connectivity index (χ1) is 14.7. The molecule has 8 nitrogen and oxygen atoms in total. The summed E-state index contributed by atoms with van der Waals surface area (Å²) in [4.78, 5) is 23.6. The quantitative estimate of drug-likeness (QED) is 0.611. The molecule has 2 heterocycles. The average molecular weight is 451 g/mol. The minimum absolute atomic E-state index is 0.0454. The summed E-state index contributed by atoms with van der Waals surface area (Å²) in [7, 11) is -3.77. The van der Waals surface area contributed by atoms with Crippen LogP contribution in [-0.2, 0) is 29.0 Å². The van der Waals surface area contributed by atoms with Gasteiger partial charge in [0.15, 0.2) is 20.9 Å². The minimum Gasteiger partial charge on any atom is -0.392 e. The van der Waals surface area contributed by atoms with Gasteiger partial charge in [-0.2, -0.15) is 0 Å². The van der Waals surface area contributed by atoms with Gasteiger partial charge in [0.1, 0.15) is 6.10 Å². The molecule has 1 fully saturated rings. The summed E-state index contributed by atoms with van der Waals surface area (Å²) >= 11 is 0. The van der Waals surface area contributed by atoms with E-state index in [0.717, 1.165) is 35.9 Å². The SMILES string of the molecule is C/C=C/c1ccc(C2=NO[C@@H](C[C@](C)(C(=O)NOC3CCCCO3)S(C)(=O)=O)C2)cc1. The lowest BCUT2D eigenvalue weighted by Crippen LogP contribution is -2.52. The summed E-state index contributed by atoms with van der Waals surface area (Å²) in [6.07, 6.45) is 6.77. The Hall–Kier alpha value is -2.23. The van der Waals surface area contributed by atoms with Gasteiger partial charge in [0.05, 0.1) is 5.71 Å². The molecule has 1 unspecified atom stereocenters. The molecule has 31 heavy (non-hydrogen) atoms. The first-order valence-corrected chi connectivity index (χ1v) is 12.3. The van der Waals surface area contributed by atoms with Crippen molar-refractivity contribution >= 4 is 27.5 Å². The van der Waals surface area contributed by atoms with Crippen LogP contribution >= 0.6 is 0 Å². The third kappa shape index (κ3) is 5.72. The number of benzene rings is 1. The molecule has 0 bridgehead atoms. The summed E-state index contributed by atoms with van der Waals surface area (Å²) in [5, 5.41) is 4.13. The fourth-order valence-electron chi connectivity index (χ4n) is 3.57. The maximum Gasteiger partial charge on any atom is 0.264 e. The second-order valence-corrected chi connectivity index (χ2v) is 10.6. The fourth-order valence-corrected chi connectivity index (χ4v) is 4.43. The number of hydrogen-bond donors (Lipinski definition) is 1. The van der Waals surface area contributed by atoms with Crippen LogP contribution in [0.3, 0.4) is 0 Å². The van der Waals surface area contributed by atoms with Crippen molar-refractivity contribution in [1.82, 2.24) is 5.48 Å². The zero-order valence-electron chi connectivity index (χ0n) is 18.2. The number of carbonyl (C=O) groups is 1. The van der Waals surface area contributed by atoms with E-state index in [2.05, 4.69) is 10.6 Å². The molecule has 0 aromatic heterocycles. The largest absolute Gasteiger partial charge is 0.392 e. The van der Waals surface area contributed by atoms with E-state index < -0.39 is 32.9 Å². The topological polar surface area (TPSA) is 103 Å². The number of nitrogens with one attached hydrogen (secondary N) is 1. The molecule has 3 rings (SSSR count). The zero-order valence-corrected chi connectivity index (χ0v) is 19.0. The Kier molecular flexibility index (Phi) is 7.51. The maximum absolute atomic E-state index is 12.8. The molecule has 0 saturated carbocycles. The summed E-state index contributed by atoms with van der Waals surface area (Å²) in [5.74, 6) is -0.739. The van der Waals surface area contributed by atoms with Gasteiger partial charge in [-0.1, -0.05) is 41.6 Å². The predicted octanol–water partition coefficient (Wildman–Crippen LogP) is 2.98. The van der Waals surface area contributed by atoms with E-state index >= 15 is 0 Å². The van der Waals surface area contributed by atoms with Gasteiger partial charge in [-0.15, -0.1) is 0 Å². The third-order valence-corrected chi connectivity index (χ3v) is 7.66. The summed E-state index contributed by atoms with van der Waals surface area (Å²) in [6, 6.07) is 7.84. The van der Waals surface area contributed by atoms with E-state index in [4.69, 9.17) is 14.4 Å². The van der Waals surface area contributed by atoms with Crippen molar-refractivity contribution in [2.45, 2.75) is 63.1 Å². The van der Waals surface area contributed by atoms with E-state index in [1.54, 1.807) is 0 Å². The van der Waals surface area contributed by atoms with Gasteiger partial charge in [0.2, 0.25) is 0 Å². The molecule has 1 aromatic carbocycles. The van der Waals surface area contributed by atoms with Crippen LogP contribution in [-0.4, -0.2) is 50.0 Å². The van der Waals surface area contributed by atoms with E-state index in [1.807, 2.05) is 43.3 Å². The third-order valence-electron chi connectivity index (χ3n) is 5.67. The molecule has 1 N–H and O–H groups in total. The number of hydroxylamine groups is 1. The molecule has 3 atom stereocenters. The fraction of sp³-hybridized carbons (Fsp3) is 0.545. The van der Waals surface area contributed by atoms with Crippen LogP contribution in [0.2, 0.25) is 0 Å². The number of hydrogen-bond acceptors (Lipinski definition) is 7. The Morgan fingerprint density at radius 3 is 2.68 bits per heavy atom. The van der Waals surface area contributed by atoms with Gasteiger partial charge in [-0.25, -0.2) is 18.7 Å². The Balaban J connectivity index is 1.63. The predicted molar refractivity (Wildman–Crippen MR) is 118 cm³/mol. The molecule has 0 radical (unpaired) electrons. The van der Waals surface area contributed by atoms with Crippen LogP contribution in [0.25, 0.3) is 6.08 Å². The number of nitrogens with zero attached hydrogens (tertiary/aromatic N) is 1. The van der Waals surface area contributed by atoms with Gasteiger partial charge in [-0.05, 0) is 37.8 Å². The standard InChI is InChI=1S/C22H30N2O6S/c1-4-7-16-9-11-17(12-10-16)19-14-18(29-23-19)15-22(2,31(3,26)27)21(25)24-30-20-8-5-6-13-28-20/h4,7,9-12,18,20H,5-6,8,13-15H2,1-3H3,(H,24,25)/b7-4+/t18-,20?,22-/m1/s1. The van der Waals surface area contributed by atoms with Gasteiger partial charge < -0.3 is 9.57 Å². The monoisotopic (exact) mass is 450 g/mol. The van der Waals surface area contributed by atoms with Crippen molar-refractivity contribution in [3.8, 4) is 0 Å². The van der Waals surface area contributed by atoms with Crippen LogP contribution < -0.4 is 5.48 Å². The molecule has 1 aromatic rings. The Morgan fingerprint density at radius 1 is 1.32 bits per heavy atom. The van der Waals surface area contributed by atoms with E-state index in [0.29, 0.717) is 19.4 Å². The first-order valence-electron chi connectivity index (χ1n) is 10.5. The van der Waals surface area contributed by atoms with Crippen molar-refractivity contribution < 1.29 is 27.6 Å². The lowest BCUT2D eigenvalue weighted by atomic mass is 9.96. The van der Waals surface area contributed by atoms with Crippen molar-refractivity contribution in [3.05, 3.63) is 41.5 Å². The lowest BCUT2D eigenvalue weighted by molar-refractivity contribution is -0.201. The first kappa shape index (κ1) is 23.4. The van der Waals surface area contributed by atoms with Crippen LogP contribution in [0.5, 0.6) is 0 Å². The summed E-state index contributed by atoms with van der Waals surface area (Å²) < 4.78 is 28.8. The van der Waals surface area contributed by atoms with Gasteiger partial charge in [0.25, 0.3) is 5.91 Å². The second-order valence-electron chi connectivity index (χ2n) is 8.14. The Bertz CT molecular complexity index is 935. The molecular weight excluding hydrogens is 420 g/mol. The number of sulfone groups is 1. The van der Waals surface area contributed by atoms with Crippen molar-refractivity contribution in [3.63, 3.8) is 0 Å². The highest BCUT2D eigenvalue weighted by Crippen LogP contribution is 2.30. The number of carbonyl (C=O) groups excluding carboxylic acids is 1. The maximum atomic E-state index is 12.8. The van der Waals surface area contributed by atoms with Crippen molar-refractivity contribution in [2.75, 3.05) is 12.9 Å². The summed E-state index contributed by atoms with van der Waals surface area (Å²) in [5.41, 5.74) is 4.99. The van der Waals surface area contributed by atoms with Crippen LogP contribution in [0.1, 0.15) is 57.1 Å². The van der Waals surface area contributed by atoms with Crippen LogP contribution in [0.15, 0.2) is 35.5 Å². The zero-order chi connectivity index (χ0) is 22.5. The van der Waals surface area contributed by atoms with Crippen LogP contribution in [0.4, 0.5) is 0 Å². The molecule has 1 saturated heterocycles. The smallest absolute Gasteiger partial charge is 0.264 e. The highest BCUT2D eigenvalue weighted by molar-refractivity contribution is 7.92. The lowest BCUT2D eigenvalue weighted by Gasteiger charge is -2.29. The van der Waals surface area contributed by atoms with E-state index in [-0.39, 0.29) is 6.42 Å². The second kappa shape index (κ2) is 9.93. The molecule has 2 aliphatic heterocycles. The number of amides is 1. The number of oxime groups is 1. The number of allylic oxidation sites excluding steroid dienone is 1. The summed E-state index contributed by atoms with van der Waals surface area (Å²) in [6.45, 7) is 3.89. The van der Waals surface area contributed by atoms with E-state index in [1.165, 1.54) is 6.92 Å². The van der Waals surface area contributed by atoms with E-state index in [9.17, 15) is 13.2 Å². The Morgan fingerprint density at radius 2 is 2.06 bits per heavy atom. The molecular formula is C22H30N2O6S. The van der Waals surface area contributed by atoms with Gasteiger partial charge in [-0.3, -0.25) is 4.79 Å². The molecule has 1 amide bonds. The van der Waals surface area contributed by atoms with Gasteiger partial charge in [0, 0.05) is 32.1 Å². The molecule has 170 valence electrons. The highest BCUT2D eigenvalue weighted by Gasteiger charge is 2.47. The minimum atomic E-state index is -3.77. The van der Waals surface area contributed by atoms with Gasteiger partial charge >= 0.3 is 0 Å².